The number of anilines is 2. The maximum Gasteiger partial charge on any atom is 0.418 e. The SMILES string of the molecule is COc1cc(-c2cn(C)c(=O)c3[nH]ncc23)cc(Cl)c1CN1CCC(CCC2CCN(c3ccc(NC4CCC(=O)NC4=O)cc3C(F)(F)F)CC2)CC1. The number of amides is 2. The lowest BCUT2D eigenvalue weighted by Crippen LogP contribution is -2.47. The first kappa shape index (κ1) is 37.7. The van der Waals surface area contributed by atoms with Gasteiger partial charge in [-0.25, -0.2) is 0 Å². The standard InChI is InChI=1S/C39H45ClF3N7O4/c1-48-21-28(27-20-44-47-36(27)38(48)53)25-17-31(40)29(34(18-25)54-2)22-49-13-9-23(10-14-49)3-4-24-11-15-50(16-12-24)33-7-5-26(19-30(33)39(41,42)43)45-32-6-8-35(51)46-37(32)52/h5,7,17-21,23-24,32,45H,3-4,6,8-16,22H2,1-2H3,(H,44,47)(H,46,51,52). The Hall–Kier alpha value is -4.56. The maximum absolute atomic E-state index is 14.2. The molecule has 54 heavy (non-hydrogen) atoms. The number of alkyl halides is 3. The normalized spacial score (nSPS) is 19.4. The number of hydrogen-bond acceptors (Lipinski definition) is 8. The minimum atomic E-state index is -4.55. The molecule has 2 aromatic heterocycles. The number of hydrogen-bond donors (Lipinski definition) is 3. The molecule has 3 fully saturated rings. The Kier molecular flexibility index (Phi) is 10.9. The van der Waals surface area contributed by atoms with Gasteiger partial charge in [0.1, 0.15) is 17.3 Å². The monoisotopic (exact) mass is 767 g/mol. The fraction of sp³-hybridized carbons (Fsp3) is 0.487. The summed E-state index contributed by atoms with van der Waals surface area (Å²) in [5, 5.41) is 13.3. The number of rotatable bonds is 10. The number of likely N-dealkylation sites (tertiary alicyclic amines) is 1. The number of nitrogens with one attached hydrogen (secondary N) is 3. The quantitative estimate of drug-likeness (QED) is 0.152. The van der Waals surface area contributed by atoms with Crippen molar-refractivity contribution in [3.8, 4) is 16.9 Å². The van der Waals surface area contributed by atoms with Crippen LogP contribution in [-0.4, -0.2) is 70.8 Å². The molecule has 1 unspecified atom stereocenters. The Morgan fingerprint density at radius 2 is 1.69 bits per heavy atom. The average Bonchev–Trinajstić information content (AvgIpc) is 3.65. The molecule has 3 saturated heterocycles. The van der Waals surface area contributed by atoms with Crippen LogP contribution in [0.5, 0.6) is 5.75 Å². The van der Waals surface area contributed by atoms with E-state index in [1.54, 1.807) is 32.6 Å². The molecule has 3 N–H and O–H groups in total. The van der Waals surface area contributed by atoms with Crippen LogP contribution in [0.1, 0.15) is 62.5 Å². The van der Waals surface area contributed by atoms with Crippen LogP contribution in [0.3, 0.4) is 0 Å². The van der Waals surface area contributed by atoms with Crippen LogP contribution < -0.4 is 25.8 Å². The smallest absolute Gasteiger partial charge is 0.418 e. The van der Waals surface area contributed by atoms with Gasteiger partial charge in [-0.3, -0.25) is 29.7 Å². The van der Waals surface area contributed by atoms with E-state index in [1.807, 2.05) is 17.0 Å². The molecule has 2 aromatic carbocycles. The minimum Gasteiger partial charge on any atom is -0.496 e. The largest absolute Gasteiger partial charge is 0.496 e. The van der Waals surface area contributed by atoms with Gasteiger partial charge in [0, 0.05) is 72.2 Å². The molecule has 3 aliphatic rings. The fourth-order valence-corrected chi connectivity index (χ4v) is 8.51. The highest BCUT2D eigenvalue weighted by molar-refractivity contribution is 6.32. The second-order valence-corrected chi connectivity index (χ2v) is 15.3. The predicted molar refractivity (Wildman–Crippen MR) is 202 cm³/mol. The van der Waals surface area contributed by atoms with Crippen LogP contribution in [0.4, 0.5) is 24.5 Å². The van der Waals surface area contributed by atoms with Gasteiger partial charge < -0.3 is 19.5 Å². The van der Waals surface area contributed by atoms with Gasteiger partial charge in [-0.1, -0.05) is 24.4 Å². The number of pyridine rings is 1. The van der Waals surface area contributed by atoms with Crippen molar-refractivity contribution in [2.45, 2.75) is 70.1 Å². The molecular formula is C39H45ClF3N7O4. The zero-order valence-electron chi connectivity index (χ0n) is 30.4. The summed E-state index contributed by atoms with van der Waals surface area (Å²) < 4.78 is 50.0. The van der Waals surface area contributed by atoms with Gasteiger partial charge in [0.25, 0.3) is 5.56 Å². The number of fused-ring (bicyclic) bond motifs is 1. The second-order valence-electron chi connectivity index (χ2n) is 14.9. The van der Waals surface area contributed by atoms with E-state index >= 15 is 0 Å². The first-order chi connectivity index (χ1) is 25.9. The molecule has 11 nitrogen and oxygen atoms in total. The highest BCUT2D eigenvalue weighted by Gasteiger charge is 2.37. The Balaban J connectivity index is 0.903. The third-order valence-electron chi connectivity index (χ3n) is 11.4. The summed E-state index contributed by atoms with van der Waals surface area (Å²) in [6.07, 6.45) is 5.24. The van der Waals surface area contributed by atoms with E-state index in [9.17, 15) is 27.6 Å². The number of halogens is 4. The number of H-pyrrole nitrogens is 1. The van der Waals surface area contributed by atoms with Crippen LogP contribution in [-0.2, 0) is 29.4 Å². The molecule has 0 spiro atoms. The van der Waals surface area contributed by atoms with Crippen LogP contribution >= 0.6 is 11.6 Å². The molecular weight excluding hydrogens is 723 g/mol. The number of carbonyl (C=O) groups excluding carboxylic acids is 2. The average molecular weight is 768 g/mol. The highest BCUT2D eigenvalue weighted by atomic mass is 35.5. The number of aromatic nitrogens is 3. The maximum atomic E-state index is 14.2. The molecule has 5 heterocycles. The molecule has 2 amide bonds. The number of imide groups is 1. The Morgan fingerprint density at radius 1 is 0.981 bits per heavy atom. The van der Waals surface area contributed by atoms with Gasteiger partial charge in [0.05, 0.1) is 18.9 Å². The molecule has 3 aliphatic heterocycles. The summed E-state index contributed by atoms with van der Waals surface area (Å²) in [5.74, 6) is 0.860. The van der Waals surface area contributed by atoms with Crippen molar-refractivity contribution < 1.29 is 27.5 Å². The molecule has 1 atom stereocenters. The zero-order chi connectivity index (χ0) is 38.1. The minimum absolute atomic E-state index is 0.140. The number of ether oxygens (including phenoxy) is 1. The number of nitrogens with zero attached hydrogens (tertiary/aromatic N) is 4. The van der Waals surface area contributed by atoms with Gasteiger partial charge in [0.15, 0.2) is 0 Å². The van der Waals surface area contributed by atoms with Crippen LogP contribution in [0.25, 0.3) is 22.0 Å². The lowest BCUT2D eigenvalue weighted by Gasteiger charge is -2.37. The molecule has 7 rings (SSSR count). The topological polar surface area (TPSA) is 125 Å². The molecule has 15 heteroatoms. The highest BCUT2D eigenvalue weighted by Crippen LogP contribution is 2.41. The van der Waals surface area contributed by atoms with Gasteiger partial charge in [0.2, 0.25) is 11.8 Å². The number of piperidine rings is 3. The second kappa shape index (κ2) is 15.7. The number of carbonyl (C=O) groups is 2. The summed E-state index contributed by atoms with van der Waals surface area (Å²) in [4.78, 5) is 40.4. The predicted octanol–water partition coefficient (Wildman–Crippen LogP) is 6.74. The van der Waals surface area contributed by atoms with E-state index in [-0.39, 0.29) is 35.7 Å². The Morgan fingerprint density at radius 3 is 2.35 bits per heavy atom. The zero-order valence-corrected chi connectivity index (χ0v) is 31.2. The van der Waals surface area contributed by atoms with Crippen molar-refractivity contribution in [1.29, 1.82) is 0 Å². The number of methoxy groups -OCH3 is 1. The summed E-state index contributed by atoms with van der Waals surface area (Å²) in [6, 6.07) is 7.28. The summed E-state index contributed by atoms with van der Waals surface area (Å²) in [5.41, 5.74) is 2.53. The summed E-state index contributed by atoms with van der Waals surface area (Å²) in [6.45, 7) is 3.66. The third-order valence-corrected chi connectivity index (χ3v) is 11.7. The van der Waals surface area contributed by atoms with Crippen LogP contribution in [0.2, 0.25) is 5.02 Å². The molecule has 0 radical (unpaired) electrons. The third kappa shape index (κ3) is 8.09. The van der Waals surface area contributed by atoms with E-state index in [4.69, 9.17) is 16.3 Å². The van der Waals surface area contributed by atoms with Gasteiger partial charge in [-0.05, 0) is 92.9 Å². The first-order valence-corrected chi connectivity index (χ1v) is 18.9. The lowest BCUT2D eigenvalue weighted by atomic mass is 9.85. The molecule has 0 bridgehead atoms. The molecule has 0 aliphatic carbocycles. The molecule has 288 valence electrons. The van der Waals surface area contributed by atoms with Crippen LogP contribution in [0.15, 0.2) is 47.5 Å². The van der Waals surface area contributed by atoms with Crippen molar-refractivity contribution in [1.82, 2.24) is 25.0 Å². The van der Waals surface area contributed by atoms with Crippen molar-refractivity contribution >= 4 is 45.7 Å². The van der Waals surface area contributed by atoms with E-state index in [0.717, 1.165) is 79.8 Å². The molecule has 0 saturated carbocycles. The van der Waals surface area contributed by atoms with Crippen molar-refractivity contribution in [2.24, 2.45) is 18.9 Å². The van der Waals surface area contributed by atoms with E-state index in [1.165, 1.54) is 10.6 Å². The number of benzene rings is 2. The van der Waals surface area contributed by atoms with Crippen molar-refractivity contribution in [2.75, 3.05) is 43.5 Å². The van der Waals surface area contributed by atoms with Gasteiger partial charge >= 0.3 is 6.18 Å². The van der Waals surface area contributed by atoms with Gasteiger partial charge in [-0.2, -0.15) is 18.3 Å². The van der Waals surface area contributed by atoms with E-state index < -0.39 is 23.7 Å². The first-order valence-electron chi connectivity index (χ1n) is 18.6. The number of aromatic amines is 1. The number of aryl methyl sites for hydroxylation is 1. The van der Waals surface area contributed by atoms with Crippen LogP contribution in [0, 0.1) is 11.8 Å². The Labute approximate surface area is 316 Å². The molecule has 4 aromatic rings. The fourth-order valence-electron chi connectivity index (χ4n) is 8.24. The van der Waals surface area contributed by atoms with E-state index in [0.29, 0.717) is 47.8 Å². The Bertz CT molecular complexity index is 2080. The summed E-state index contributed by atoms with van der Waals surface area (Å²) in [7, 11) is 3.34. The lowest BCUT2D eigenvalue weighted by molar-refractivity contribution is -0.137. The summed E-state index contributed by atoms with van der Waals surface area (Å²) >= 11 is 6.89. The van der Waals surface area contributed by atoms with Crippen molar-refractivity contribution in [3.05, 3.63) is 69.2 Å². The van der Waals surface area contributed by atoms with Gasteiger partial charge in [-0.15, -0.1) is 0 Å². The van der Waals surface area contributed by atoms with E-state index in [2.05, 4.69) is 25.7 Å². The van der Waals surface area contributed by atoms with Crippen molar-refractivity contribution in [3.63, 3.8) is 0 Å².